The summed E-state index contributed by atoms with van der Waals surface area (Å²) in [4.78, 5) is 57.3. The number of ether oxygens (including phenoxy) is 2. The highest BCUT2D eigenvalue weighted by Gasteiger charge is 2.65. The number of Topliss-reactive ketones (excluding diaryl/α,β-unsaturated/α-hetero) is 1. The van der Waals surface area contributed by atoms with E-state index in [9.17, 15) is 34.5 Å². The lowest BCUT2D eigenvalue weighted by atomic mass is 9.43. The summed E-state index contributed by atoms with van der Waals surface area (Å²) in [6.45, 7) is 9.23. The Morgan fingerprint density at radius 2 is 1.79 bits per heavy atom. The van der Waals surface area contributed by atoms with Crippen LogP contribution in [0.4, 0.5) is 0 Å². The number of nitrogens with one attached hydrogen (secondary N) is 1. The molecule has 0 spiro atoms. The number of aliphatic hydroxyl groups is 3. The summed E-state index contributed by atoms with van der Waals surface area (Å²) in [5, 5.41) is 39.4. The van der Waals surface area contributed by atoms with Crippen LogP contribution in [0.25, 0.3) is 10.4 Å². The minimum Gasteiger partial charge on any atom is -0.463 e. The molecule has 15 heteroatoms. The first kappa shape index (κ1) is 44.4. The third-order valence-electron chi connectivity index (χ3n) is 15.3. The summed E-state index contributed by atoms with van der Waals surface area (Å²) >= 11 is 1.51. The summed E-state index contributed by atoms with van der Waals surface area (Å²) in [6, 6.07) is -0.733. The predicted octanol–water partition coefficient (Wildman–Crippen LogP) is 4.90. The maximum absolute atomic E-state index is 13.7. The third kappa shape index (κ3) is 8.70. The molecule has 0 bridgehead atoms. The van der Waals surface area contributed by atoms with Gasteiger partial charge in [-0.05, 0) is 122 Å². The van der Waals surface area contributed by atoms with Gasteiger partial charge in [-0.1, -0.05) is 25.9 Å². The number of esters is 1. The average molecular weight is 826 g/mol. The number of amides is 2. The Labute approximate surface area is 346 Å². The van der Waals surface area contributed by atoms with E-state index in [1.807, 2.05) is 6.92 Å². The maximum Gasteiger partial charge on any atom is 0.306 e. The van der Waals surface area contributed by atoms with Gasteiger partial charge in [-0.15, -0.1) is 24.1 Å². The van der Waals surface area contributed by atoms with Crippen LogP contribution in [0.1, 0.15) is 105 Å². The molecule has 2 aliphatic heterocycles. The van der Waals surface area contributed by atoms with Gasteiger partial charge in [-0.2, -0.15) is 0 Å². The predicted molar refractivity (Wildman–Crippen MR) is 217 cm³/mol. The minimum absolute atomic E-state index is 0.00440. The van der Waals surface area contributed by atoms with E-state index in [-0.39, 0.29) is 98.2 Å². The lowest BCUT2D eigenvalue weighted by Crippen LogP contribution is -2.70. The summed E-state index contributed by atoms with van der Waals surface area (Å²) in [6.07, 6.45) is 10.8. The van der Waals surface area contributed by atoms with Crippen LogP contribution >= 0.6 is 11.8 Å². The number of carbonyl (C=O) groups excluding carboxylic acids is 4. The number of hydrogen-bond acceptors (Lipinski definition) is 11. The highest BCUT2D eigenvalue weighted by molar-refractivity contribution is 8.00. The van der Waals surface area contributed by atoms with Gasteiger partial charge in [0.25, 0.3) is 5.91 Å². The molecule has 0 aromatic heterocycles. The maximum atomic E-state index is 13.7. The number of fused-ring (bicyclic) bond motifs is 6. The van der Waals surface area contributed by atoms with E-state index < -0.39 is 41.6 Å². The summed E-state index contributed by atoms with van der Waals surface area (Å²) in [7, 11) is 0. The molecule has 6 aliphatic rings. The number of hydrogen-bond donors (Lipinski definition) is 4. The molecule has 2 heterocycles. The number of thioether (sulfide) groups is 1. The van der Waals surface area contributed by atoms with Crippen molar-refractivity contribution >= 4 is 35.3 Å². The number of azide groups is 1. The van der Waals surface area contributed by atoms with Gasteiger partial charge in [0.15, 0.2) is 5.78 Å². The topological polar surface area (TPSA) is 211 Å². The molecule has 5 fully saturated rings. The highest BCUT2D eigenvalue weighted by atomic mass is 32.2. The molecule has 6 rings (SSSR count). The van der Waals surface area contributed by atoms with E-state index in [0.29, 0.717) is 42.0 Å². The molecular formula is C43H63N5O9S. The molecule has 14 nitrogen and oxygen atoms in total. The Morgan fingerprint density at radius 1 is 1.05 bits per heavy atom. The van der Waals surface area contributed by atoms with Crippen LogP contribution in [0.2, 0.25) is 0 Å². The van der Waals surface area contributed by atoms with Crippen molar-refractivity contribution in [1.29, 1.82) is 0 Å². The van der Waals surface area contributed by atoms with Crippen molar-refractivity contribution in [3.8, 4) is 12.3 Å². The number of β-lactam (4-membered cyclic amide) rings is 1. The average Bonchev–Trinajstić information content (AvgIpc) is 3.55. The van der Waals surface area contributed by atoms with E-state index in [1.54, 1.807) is 0 Å². The number of terminal acetylenes is 1. The molecule has 14 atom stereocenters. The van der Waals surface area contributed by atoms with Crippen LogP contribution in [0.3, 0.4) is 0 Å². The number of allylic oxidation sites excluding steroid dienone is 1. The molecule has 14 unspecified atom stereocenters. The van der Waals surface area contributed by atoms with E-state index in [0.717, 1.165) is 44.1 Å². The number of nitrogens with zero attached hydrogens (tertiary/aromatic N) is 4. The Kier molecular flexibility index (Phi) is 14.3. The summed E-state index contributed by atoms with van der Waals surface area (Å²) in [5.41, 5.74) is 9.30. The smallest absolute Gasteiger partial charge is 0.306 e. The van der Waals surface area contributed by atoms with E-state index in [4.69, 9.17) is 21.4 Å². The van der Waals surface area contributed by atoms with Gasteiger partial charge in [0.1, 0.15) is 18.0 Å². The van der Waals surface area contributed by atoms with Crippen LogP contribution in [0.15, 0.2) is 16.4 Å². The van der Waals surface area contributed by atoms with Crippen LogP contribution in [-0.2, 0) is 28.7 Å². The van der Waals surface area contributed by atoms with Gasteiger partial charge in [0.05, 0.1) is 37.2 Å². The second kappa shape index (κ2) is 18.7. The van der Waals surface area contributed by atoms with Gasteiger partial charge < -0.3 is 30.1 Å². The lowest BCUT2D eigenvalue weighted by Gasteiger charge is -2.63. The van der Waals surface area contributed by atoms with Crippen molar-refractivity contribution in [2.75, 3.05) is 32.1 Å². The Morgan fingerprint density at radius 3 is 2.53 bits per heavy atom. The van der Waals surface area contributed by atoms with Gasteiger partial charge in [0.2, 0.25) is 5.91 Å². The molecule has 0 radical (unpaired) electrons. The lowest BCUT2D eigenvalue weighted by molar-refractivity contribution is -0.223. The van der Waals surface area contributed by atoms with Crippen LogP contribution in [-0.4, -0.2) is 106 Å². The van der Waals surface area contributed by atoms with Crippen molar-refractivity contribution in [1.82, 2.24) is 10.2 Å². The zero-order chi connectivity index (χ0) is 41.9. The molecule has 4 N–H and O–H groups in total. The molecule has 2 amide bonds. The first-order valence-electron chi connectivity index (χ1n) is 21.3. The standard InChI is InChI=1S/C43H63N5O9S/c1-6-7-26(21-34(52)57-19-18-56-17-16-45-47-44)20-32(50)37-25(3)23-58-41-36(40(55)48(37)41)46-33(51)11-8-24(2)28-9-10-29-35-30(13-15-42(28,29)4)43(5)14-12-27(49)22-31(43)38(53)39(35)54/h1,24,26-31,35-36,38-39,41,49,53-54H,7-23H2,2-5H3,(H,46,51). The van der Waals surface area contributed by atoms with Crippen molar-refractivity contribution in [2.45, 2.75) is 134 Å². The first-order valence-corrected chi connectivity index (χ1v) is 22.4. The van der Waals surface area contributed by atoms with Gasteiger partial charge in [-0.3, -0.25) is 24.1 Å². The SMILES string of the molecule is C#CCC(CC(=O)OCCOCCN=[N+]=[N-])CC(=O)C1=C(C)CSC2C(NC(=O)CCC(C)C3CCC4C5C(O)C(O)C6CC(O)CCC6(C)C5CCC34C)C(=O)N12. The molecule has 4 aliphatic carbocycles. The molecule has 1 saturated heterocycles. The fourth-order valence-electron chi connectivity index (χ4n) is 12.4. The van der Waals surface area contributed by atoms with Crippen LogP contribution in [0.5, 0.6) is 0 Å². The molecule has 58 heavy (non-hydrogen) atoms. The van der Waals surface area contributed by atoms with E-state index in [2.05, 4.69) is 42.0 Å². The minimum atomic E-state index is -0.827. The highest BCUT2D eigenvalue weighted by Crippen LogP contribution is 2.68. The van der Waals surface area contributed by atoms with Crippen molar-refractivity contribution in [3.05, 3.63) is 21.7 Å². The molecule has 0 aromatic rings. The fourth-order valence-corrected chi connectivity index (χ4v) is 13.7. The summed E-state index contributed by atoms with van der Waals surface area (Å²) in [5.74, 6) is 2.46. The van der Waals surface area contributed by atoms with E-state index in [1.165, 1.54) is 16.7 Å². The van der Waals surface area contributed by atoms with E-state index >= 15 is 0 Å². The molecule has 0 aromatic carbocycles. The number of aliphatic hydroxyl groups excluding tert-OH is 3. The Bertz CT molecular complexity index is 1700. The normalized spacial score (nSPS) is 37.4. The van der Waals surface area contributed by atoms with Crippen molar-refractivity contribution < 1.29 is 44.0 Å². The second-order valence-corrected chi connectivity index (χ2v) is 19.6. The van der Waals surface area contributed by atoms with Gasteiger partial charge in [-0.25, -0.2) is 0 Å². The van der Waals surface area contributed by atoms with Crippen molar-refractivity contribution in [3.63, 3.8) is 0 Å². The van der Waals surface area contributed by atoms with Crippen molar-refractivity contribution in [2.24, 2.45) is 57.4 Å². The quantitative estimate of drug-likeness (QED) is 0.0297. The monoisotopic (exact) mass is 825 g/mol. The second-order valence-electron chi connectivity index (χ2n) is 18.5. The largest absolute Gasteiger partial charge is 0.463 e. The molecular weight excluding hydrogens is 763 g/mol. The van der Waals surface area contributed by atoms with Crippen LogP contribution < -0.4 is 5.32 Å². The first-order chi connectivity index (χ1) is 27.7. The Hall–Kier alpha value is -3.12. The zero-order valence-electron chi connectivity index (χ0n) is 34.5. The molecule has 4 saturated carbocycles. The molecule has 320 valence electrons. The summed E-state index contributed by atoms with van der Waals surface area (Å²) < 4.78 is 10.5. The Balaban J connectivity index is 0.989. The van der Waals surface area contributed by atoms with Crippen LogP contribution in [0, 0.1) is 64.6 Å². The van der Waals surface area contributed by atoms with Gasteiger partial charge >= 0.3 is 5.97 Å². The number of rotatable bonds is 17. The fraction of sp³-hybridized carbons (Fsp3) is 0.814. The third-order valence-corrected chi connectivity index (χ3v) is 16.7. The number of ketones is 1. The number of carbonyl (C=O) groups is 4. The van der Waals surface area contributed by atoms with Gasteiger partial charge in [0, 0.05) is 42.9 Å². The zero-order valence-corrected chi connectivity index (χ0v) is 35.3.